The highest BCUT2D eigenvalue weighted by atomic mass is 32.2. The van der Waals surface area contributed by atoms with E-state index in [0.29, 0.717) is 19.1 Å². The van der Waals surface area contributed by atoms with Gasteiger partial charge in [-0.1, -0.05) is 103 Å². The van der Waals surface area contributed by atoms with E-state index in [-0.39, 0.29) is 5.97 Å². The molecule has 0 atom stereocenters. The van der Waals surface area contributed by atoms with Crippen LogP contribution in [0.2, 0.25) is 6.04 Å². The Morgan fingerprint density at radius 1 is 0.697 bits per heavy atom. The van der Waals surface area contributed by atoms with Crippen LogP contribution in [0.3, 0.4) is 0 Å². The Labute approximate surface area is 210 Å². The molecule has 0 saturated carbocycles. The molecule has 0 aliphatic heterocycles. The summed E-state index contributed by atoms with van der Waals surface area (Å²) in [5, 5.41) is 0. The van der Waals surface area contributed by atoms with Gasteiger partial charge in [0.2, 0.25) is 0 Å². The molecule has 0 aromatic heterocycles. The van der Waals surface area contributed by atoms with Gasteiger partial charge in [-0.2, -0.15) is 11.8 Å². The first kappa shape index (κ1) is 32.9. The molecule has 0 unspecified atom stereocenters. The Bertz CT molecular complexity index is 421. The third-order valence-electron chi connectivity index (χ3n) is 6.13. The molecule has 0 aromatic rings. The molecule has 0 amide bonds. The summed E-state index contributed by atoms with van der Waals surface area (Å²) in [4.78, 5) is 21.7. The number of hydrogen-bond donors (Lipinski definition) is 1. The van der Waals surface area contributed by atoms with E-state index in [4.69, 9.17) is 13.6 Å². The van der Waals surface area contributed by atoms with Crippen LogP contribution < -0.4 is 0 Å². The number of unbranched alkanes of at least 4 members (excludes halogenated alkanes) is 15. The van der Waals surface area contributed by atoms with Crippen LogP contribution in [0.1, 0.15) is 122 Å². The molecule has 0 radical (unpaired) electrons. The average molecular weight is 507 g/mol. The van der Waals surface area contributed by atoms with Gasteiger partial charge in [-0.15, -0.1) is 0 Å². The molecular formula is C26H54O5SSi. The quantitative estimate of drug-likeness (QED) is 0.0743. The predicted molar refractivity (Wildman–Crippen MR) is 144 cm³/mol. The SMILES string of the molecule is CCCCCCCCCCCCCCCCCCOC(=O)CCSCCC[Si](O)(OC)OC. The zero-order chi connectivity index (χ0) is 24.5. The van der Waals surface area contributed by atoms with E-state index in [1.54, 1.807) is 11.8 Å². The lowest BCUT2D eigenvalue weighted by molar-refractivity contribution is -0.143. The molecule has 0 saturated heterocycles. The minimum Gasteiger partial charge on any atom is -0.466 e. The highest BCUT2D eigenvalue weighted by Crippen LogP contribution is 2.15. The van der Waals surface area contributed by atoms with E-state index in [9.17, 15) is 9.59 Å². The lowest BCUT2D eigenvalue weighted by Crippen LogP contribution is -2.40. The molecule has 0 aromatic carbocycles. The van der Waals surface area contributed by atoms with Gasteiger partial charge in [0, 0.05) is 26.0 Å². The van der Waals surface area contributed by atoms with Gasteiger partial charge in [0.1, 0.15) is 0 Å². The standard InChI is InChI=1S/C26H54O5SSi/c1-4-5-6-7-8-9-10-11-12-13-14-15-16-17-18-19-22-31-26(27)21-24-32-23-20-25-33(28,29-2)30-3/h28H,4-25H2,1-3H3. The van der Waals surface area contributed by atoms with Crippen molar-refractivity contribution in [1.29, 1.82) is 0 Å². The van der Waals surface area contributed by atoms with Gasteiger partial charge in [-0.25, -0.2) is 0 Å². The van der Waals surface area contributed by atoms with Crippen LogP contribution in [0, 0.1) is 0 Å². The normalized spacial score (nSPS) is 11.8. The van der Waals surface area contributed by atoms with E-state index in [0.717, 1.165) is 30.8 Å². The second kappa shape index (κ2) is 25.0. The second-order valence-electron chi connectivity index (χ2n) is 9.11. The number of ether oxygens (including phenoxy) is 1. The van der Waals surface area contributed by atoms with Crippen molar-refractivity contribution < 1.29 is 23.2 Å². The highest BCUT2D eigenvalue weighted by Gasteiger charge is 2.33. The maximum atomic E-state index is 11.8. The smallest absolute Gasteiger partial charge is 0.466 e. The summed E-state index contributed by atoms with van der Waals surface area (Å²) in [6.45, 7) is 2.84. The first-order valence-corrected chi connectivity index (χ1v) is 16.8. The summed E-state index contributed by atoms with van der Waals surface area (Å²) < 4.78 is 15.4. The third-order valence-corrected chi connectivity index (χ3v) is 9.46. The van der Waals surface area contributed by atoms with Crippen LogP contribution >= 0.6 is 11.8 Å². The summed E-state index contributed by atoms with van der Waals surface area (Å²) in [5.74, 6) is 1.55. The molecule has 0 spiro atoms. The van der Waals surface area contributed by atoms with Crippen molar-refractivity contribution in [3.05, 3.63) is 0 Å². The number of carbonyl (C=O) groups excluding carboxylic acids is 1. The van der Waals surface area contributed by atoms with Crippen LogP contribution in [0.25, 0.3) is 0 Å². The zero-order valence-electron chi connectivity index (χ0n) is 22.0. The summed E-state index contributed by atoms with van der Waals surface area (Å²) in [6, 6.07) is 0.552. The van der Waals surface area contributed by atoms with Crippen LogP contribution in [-0.4, -0.2) is 51.9 Å². The Morgan fingerprint density at radius 2 is 1.15 bits per heavy atom. The van der Waals surface area contributed by atoms with Crippen molar-refractivity contribution in [2.24, 2.45) is 0 Å². The van der Waals surface area contributed by atoms with Crippen LogP contribution in [-0.2, 0) is 18.4 Å². The van der Waals surface area contributed by atoms with Crippen LogP contribution in [0.5, 0.6) is 0 Å². The van der Waals surface area contributed by atoms with E-state index in [1.165, 1.54) is 104 Å². The van der Waals surface area contributed by atoms with Crippen molar-refractivity contribution in [3.63, 3.8) is 0 Å². The molecule has 1 N–H and O–H groups in total. The largest absolute Gasteiger partial charge is 0.497 e. The molecule has 0 heterocycles. The molecule has 0 fully saturated rings. The summed E-state index contributed by atoms with van der Waals surface area (Å²) >= 11 is 1.71. The van der Waals surface area contributed by atoms with Crippen molar-refractivity contribution in [1.82, 2.24) is 0 Å². The molecule has 198 valence electrons. The van der Waals surface area contributed by atoms with Gasteiger partial charge in [0.25, 0.3) is 0 Å². The predicted octanol–water partition coefficient (Wildman–Crippen LogP) is 7.53. The summed E-state index contributed by atoms with van der Waals surface area (Å²) in [6.07, 6.45) is 22.9. The topological polar surface area (TPSA) is 65.0 Å². The Morgan fingerprint density at radius 3 is 1.61 bits per heavy atom. The molecule has 0 rings (SSSR count). The molecule has 0 aliphatic rings. The molecule has 33 heavy (non-hydrogen) atoms. The maximum Gasteiger partial charge on any atom is 0.497 e. The first-order valence-electron chi connectivity index (χ1n) is 13.6. The van der Waals surface area contributed by atoms with E-state index in [2.05, 4.69) is 6.92 Å². The first-order chi connectivity index (χ1) is 16.1. The minimum atomic E-state index is -2.93. The van der Waals surface area contributed by atoms with Gasteiger partial charge in [-0.3, -0.25) is 4.79 Å². The number of hydrogen-bond acceptors (Lipinski definition) is 6. The minimum absolute atomic E-state index is 0.0943. The molecule has 0 aliphatic carbocycles. The van der Waals surface area contributed by atoms with Gasteiger partial charge in [0.05, 0.1) is 13.0 Å². The Balaban J connectivity index is 3.24. The van der Waals surface area contributed by atoms with Gasteiger partial charge in [0.15, 0.2) is 0 Å². The number of rotatable bonds is 26. The van der Waals surface area contributed by atoms with Crippen molar-refractivity contribution >= 4 is 26.5 Å². The van der Waals surface area contributed by atoms with Crippen molar-refractivity contribution in [3.8, 4) is 0 Å². The van der Waals surface area contributed by atoms with Crippen molar-refractivity contribution in [2.45, 2.75) is 129 Å². The van der Waals surface area contributed by atoms with Crippen LogP contribution in [0.4, 0.5) is 0 Å². The zero-order valence-corrected chi connectivity index (χ0v) is 23.9. The Kier molecular flexibility index (Phi) is 25.0. The highest BCUT2D eigenvalue weighted by molar-refractivity contribution is 7.99. The molecular weight excluding hydrogens is 452 g/mol. The summed E-state index contributed by atoms with van der Waals surface area (Å²) in [7, 11) is 0.0345. The van der Waals surface area contributed by atoms with E-state index >= 15 is 0 Å². The second-order valence-corrected chi connectivity index (χ2v) is 13.1. The summed E-state index contributed by atoms with van der Waals surface area (Å²) in [5.41, 5.74) is 0. The maximum absolute atomic E-state index is 11.8. The lowest BCUT2D eigenvalue weighted by Gasteiger charge is -2.19. The number of carbonyl (C=O) groups is 1. The molecule has 5 nitrogen and oxygen atoms in total. The van der Waals surface area contributed by atoms with E-state index < -0.39 is 8.80 Å². The van der Waals surface area contributed by atoms with E-state index in [1.807, 2.05) is 0 Å². The lowest BCUT2D eigenvalue weighted by atomic mass is 10.0. The fourth-order valence-electron chi connectivity index (χ4n) is 3.85. The molecule has 0 bridgehead atoms. The molecule has 7 heteroatoms. The van der Waals surface area contributed by atoms with Gasteiger partial charge < -0.3 is 18.4 Å². The number of thioether (sulfide) groups is 1. The van der Waals surface area contributed by atoms with Gasteiger partial charge >= 0.3 is 14.8 Å². The fourth-order valence-corrected chi connectivity index (χ4v) is 6.17. The fraction of sp³-hybridized carbons (Fsp3) is 0.962. The van der Waals surface area contributed by atoms with Crippen LogP contribution in [0.15, 0.2) is 0 Å². The van der Waals surface area contributed by atoms with Gasteiger partial charge in [-0.05, 0) is 18.6 Å². The third kappa shape index (κ3) is 23.4. The number of esters is 1. The average Bonchev–Trinajstić information content (AvgIpc) is 2.83. The van der Waals surface area contributed by atoms with Crippen molar-refractivity contribution in [2.75, 3.05) is 32.3 Å². The Hall–Kier alpha value is -0.0831. The monoisotopic (exact) mass is 506 g/mol.